The van der Waals surface area contributed by atoms with Gasteiger partial charge in [-0.2, -0.15) is 5.10 Å². The fourth-order valence-electron chi connectivity index (χ4n) is 4.80. The minimum Gasteiger partial charge on any atom is -0.491 e. The molecule has 188 valence electrons. The van der Waals surface area contributed by atoms with Crippen LogP contribution in [0.25, 0.3) is 21.8 Å². The van der Waals surface area contributed by atoms with Crippen molar-refractivity contribution in [2.75, 3.05) is 19.4 Å². The van der Waals surface area contributed by atoms with E-state index >= 15 is 0 Å². The molecule has 5 aromatic rings. The summed E-state index contributed by atoms with van der Waals surface area (Å²) in [4.78, 5) is 23.9. The van der Waals surface area contributed by atoms with Gasteiger partial charge in [0.15, 0.2) is 0 Å². The zero-order valence-electron chi connectivity index (χ0n) is 21.0. The van der Waals surface area contributed by atoms with E-state index in [1.807, 2.05) is 38.2 Å². The largest absolute Gasteiger partial charge is 0.491 e. The number of pyridine rings is 2. The molecule has 3 aromatic heterocycles. The van der Waals surface area contributed by atoms with Crippen molar-refractivity contribution < 1.29 is 9.53 Å². The van der Waals surface area contributed by atoms with E-state index < -0.39 is 0 Å². The van der Waals surface area contributed by atoms with Crippen molar-refractivity contribution in [3.8, 4) is 17.6 Å². The highest BCUT2D eigenvalue weighted by Gasteiger charge is 2.32. The van der Waals surface area contributed by atoms with Crippen molar-refractivity contribution in [2.45, 2.75) is 13.0 Å². The van der Waals surface area contributed by atoms with Gasteiger partial charge in [0, 0.05) is 48.6 Å². The lowest BCUT2D eigenvalue weighted by Crippen LogP contribution is -2.32. The number of anilines is 1. The smallest absolute Gasteiger partial charge is 0.255 e. The van der Waals surface area contributed by atoms with E-state index in [1.54, 1.807) is 47.4 Å². The summed E-state index contributed by atoms with van der Waals surface area (Å²) in [6.45, 7) is 2.34. The molecule has 1 aliphatic heterocycles. The first-order chi connectivity index (χ1) is 18.3. The summed E-state index contributed by atoms with van der Waals surface area (Å²) in [6, 6.07) is 10.9. The molecule has 2 aromatic carbocycles. The summed E-state index contributed by atoms with van der Waals surface area (Å²) in [5, 5.41) is 6.09. The van der Waals surface area contributed by atoms with E-state index in [2.05, 4.69) is 26.9 Å². The maximum absolute atomic E-state index is 13.7. The number of carbonyl (C=O) groups is 1. The second kappa shape index (κ2) is 9.05. The Balaban J connectivity index is 1.31. The van der Waals surface area contributed by atoms with Gasteiger partial charge in [-0.1, -0.05) is 29.5 Å². The molecule has 1 aliphatic rings. The van der Waals surface area contributed by atoms with Crippen molar-refractivity contribution in [1.29, 1.82) is 0 Å². The van der Waals surface area contributed by atoms with Crippen LogP contribution in [-0.2, 0) is 7.05 Å². The van der Waals surface area contributed by atoms with Gasteiger partial charge in [0.2, 0.25) is 0 Å². The van der Waals surface area contributed by atoms with Gasteiger partial charge < -0.3 is 15.4 Å². The van der Waals surface area contributed by atoms with Crippen molar-refractivity contribution >= 4 is 45.1 Å². The van der Waals surface area contributed by atoms with Gasteiger partial charge in [-0.25, -0.2) is 4.98 Å². The number of rotatable bonds is 2. The van der Waals surface area contributed by atoms with E-state index in [0.717, 1.165) is 38.5 Å². The minimum atomic E-state index is -0.270. The standard InChI is InChI=1S/C29H23ClN6O2/c1-16-8-9-32-13-18(16)6-4-17-5-7-19-25(15-38-26(19)10-17)35(2)29(37)20-11-21-24(12-23(20)30)34-28(31)22-14-33-36(3)27(21)22/h5,7-14,25H,15H2,1-3H3,(H2,31,34)/t25-/m1/s1. The summed E-state index contributed by atoms with van der Waals surface area (Å²) in [7, 11) is 3.58. The molecule has 0 bridgehead atoms. The highest BCUT2D eigenvalue weighted by atomic mass is 35.5. The van der Waals surface area contributed by atoms with Crippen LogP contribution in [0.3, 0.4) is 0 Å². The summed E-state index contributed by atoms with van der Waals surface area (Å²) >= 11 is 6.58. The summed E-state index contributed by atoms with van der Waals surface area (Å²) in [5.74, 6) is 7.21. The first-order valence-corrected chi connectivity index (χ1v) is 12.4. The molecule has 0 aliphatic carbocycles. The number of amides is 1. The number of benzene rings is 2. The molecule has 6 rings (SSSR count). The van der Waals surface area contributed by atoms with Crippen LogP contribution in [0.2, 0.25) is 5.02 Å². The molecule has 8 nitrogen and oxygen atoms in total. The van der Waals surface area contributed by atoms with E-state index in [0.29, 0.717) is 34.3 Å². The topological polar surface area (TPSA) is 99.2 Å². The lowest BCUT2D eigenvalue weighted by molar-refractivity contribution is 0.0709. The molecule has 0 radical (unpaired) electrons. The number of nitrogen functional groups attached to an aromatic ring is 1. The average molecular weight is 523 g/mol. The minimum absolute atomic E-state index is 0.221. The molecule has 38 heavy (non-hydrogen) atoms. The van der Waals surface area contributed by atoms with Crippen molar-refractivity contribution in [1.82, 2.24) is 24.6 Å². The van der Waals surface area contributed by atoms with E-state index in [9.17, 15) is 4.79 Å². The van der Waals surface area contributed by atoms with Gasteiger partial charge >= 0.3 is 0 Å². The Morgan fingerprint density at radius 3 is 2.84 bits per heavy atom. The third-order valence-corrected chi connectivity index (χ3v) is 7.28. The number of hydrogen-bond acceptors (Lipinski definition) is 6. The lowest BCUT2D eigenvalue weighted by Gasteiger charge is -2.24. The van der Waals surface area contributed by atoms with E-state index in [-0.39, 0.29) is 11.9 Å². The number of likely N-dealkylation sites (N-methyl/N-ethyl adjacent to an activating group) is 1. The van der Waals surface area contributed by atoms with Crippen LogP contribution in [0, 0.1) is 18.8 Å². The second-order valence-electron chi connectivity index (χ2n) is 9.31. The fourth-order valence-corrected chi connectivity index (χ4v) is 5.04. The summed E-state index contributed by atoms with van der Waals surface area (Å²) < 4.78 is 7.69. The number of fused-ring (bicyclic) bond motifs is 4. The first kappa shape index (κ1) is 23.8. The third-order valence-electron chi connectivity index (χ3n) is 6.96. The van der Waals surface area contributed by atoms with Crippen molar-refractivity contribution in [2.24, 2.45) is 7.05 Å². The molecule has 9 heteroatoms. The molecule has 0 saturated heterocycles. The van der Waals surface area contributed by atoms with Gasteiger partial charge in [0.1, 0.15) is 18.2 Å². The van der Waals surface area contributed by atoms with Gasteiger partial charge in [0.05, 0.1) is 39.2 Å². The zero-order chi connectivity index (χ0) is 26.6. The number of hydrogen-bond donors (Lipinski definition) is 1. The van der Waals surface area contributed by atoms with Crippen LogP contribution in [0.1, 0.15) is 38.7 Å². The monoisotopic (exact) mass is 522 g/mol. The predicted molar refractivity (Wildman–Crippen MR) is 147 cm³/mol. The van der Waals surface area contributed by atoms with E-state index in [4.69, 9.17) is 22.1 Å². The predicted octanol–water partition coefficient (Wildman–Crippen LogP) is 4.67. The van der Waals surface area contributed by atoms with Crippen molar-refractivity contribution in [3.63, 3.8) is 0 Å². The van der Waals surface area contributed by atoms with E-state index in [1.165, 1.54) is 0 Å². The maximum Gasteiger partial charge on any atom is 0.255 e. The second-order valence-corrected chi connectivity index (χ2v) is 9.72. The summed E-state index contributed by atoms with van der Waals surface area (Å²) in [5.41, 5.74) is 11.6. The van der Waals surface area contributed by atoms with Crippen LogP contribution in [-0.4, -0.2) is 44.2 Å². The molecule has 4 heterocycles. The third kappa shape index (κ3) is 3.88. The highest BCUT2D eigenvalue weighted by molar-refractivity contribution is 6.35. The molecule has 2 N–H and O–H groups in total. The SMILES string of the molecule is Cc1ccncc1C#Cc1ccc2c(c1)OC[C@H]2N(C)C(=O)c1cc2c(cc1Cl)nc(N)c1cnn(C)c12. The normalized spacial score (nSPS) is 14.2. The Morgan fingerprint density at radius 2 is 2.03 bits per heavy atom. The molecular formula is C29H23ClN6O2. The Morgan fingerprint density at radius 1 is 1.18 bits per heavy atom. The maximum atomic E-state index is 13.7. The van der Waals surface area contributed by atoms with Crippen LogP contribution in [0.4, 0.5) is 5.82 Å². The van der Waals surface area contributed by atoms with Crippen molar-refractivity contribution in [3.05, 3.63) is 87.8 Å². The first-order valence-electron chi connectivity index (χ1n) is 12.0. The molecule has 0 spiro atoms. The zero-order valence-corrected chi connectivity index (χ0v) is 21.7. The van der Waals surface area contributed by atoms with Gasteiger partial charge in [-0.3, -0.25) is 14.5 Å². The van der Waals surface area contributed by atoms with Gasteiger partial charge in [-0.15, -0.1) is 0 Å². The quantitative estimate of drug-likeness (QED) is 0.338. The number of nitrogens with zero attached hydrogens (tertiary/aromatic N) is 5. The number of aryl methyl sites for hydroxylation is 2. The average Bonchev–Trinajstić information content (AvgIpc) is 3.51. The van der Waals surface area contributed by atoms with Gasteiger partial charge in [-0.05, 0) is 42.8 Å². The highest BCUT2D eigenvalue weighted by Crippen LogP contribution is 2.38. The van der Waals surface area contributed by atoms with Gasteiger partial charge in [0.25, 0.3) is 5.91 Å². The Bertz CT molecular complexity index is 1830. The lowest BCUT2D eigenvalue weighted by atomic mass is 10.0. The molecule has 0 fully saturated rings. The van der Waals surface area contributed by atoms with Crippen LogP contribution in [0.15, 0.2) is 55.0 Å². The molecule has 1 amide bonds. The summed E-state index contributed by atoms with van der Waals surface area (Å²) in [6.07, 6.45) is 5.17. The number of ether oxygens (including phenoxy) is 1. The molecule has 0 unspecified atom stereocenters. The number of halogens is 1. The number of nitrogens with two attached hydrogens (primary N) is 1. The molecule has 1 atom stereocenters. The Hall–Kier alpha value is -4.61. The number of aromatic nitrogens is 4. The fraction of sp³-hybridized carbons (Fsp3) is 0.172. The van der Waals surface area contributed by atoms with Crippen LogP contribution in [0.5, 0.6) is 5.75 Å². The number of carbonyl (C=O) groups excluding carboxylic acids is 1. The Kier molecular flexibility index (Phi) is 5.66. The molecule has 0 saturated carbocycles. The Labute approximate surface area is 224 Å². The molecular weight excluding hydrogens is 500 g/mol. The van der Waals surface area contributed by atoms with Crippen LogP contribution < -0.4 is 10.5 Å². The van der Waals surface area contributed by atoms with Crippen LogP contribution >= 0.6 is 11.6 Å².